The zero-order valence-electron chi connectivity index (χ0n) is 8.13. The Morgan fingerprint density at radius 1 is 1.36 bits per heavy atom. The summed E-state index contributed by atoms with van der Waals surface area (Å²) in [5.74, 6) is -0.452. The molecule has 1 aromatic carbocycles. The lowest BCUT2D eigenvalue weighted by Gasteiger charge is -2.02. The van der Waals surface area contributed by atoms with E-state index in [-0.39, 0.29) is 11.8 Å². The van der Waals surface area contributed by atoms with E-state index >= 15 is 0 Å². The second-order valence-corrected chi connectivity index (χ2v) is 2.95. The highest BCUT2D eigenvalue weighted by Gasteiger charge is 1.98. The number of carbonyl (C=O) groups is 1. The molecule has 0 aromatic heterocycles. The van der Waals surface area contributed by atoms with Crippen molar-refractivity contribution in [3.63, 3.8) is 0 Å². The Hall–Kier alpha value is -1.38. The maximum absolute atomic E-state index is 12.5. The molecule has 0 bridgehead atoms. The Morgan fingerprint density at radius 3 is 2.57 bits per heavy atom. The summed E-state index contributed by atoms with van der Waals surface area (Å²) in [6, 6.07) is 6.18. The number of halogens is 1. The van der Waals surface area contributed by atoms with Crippen LogP contribution in [-0.4, -0.2) is 12.6 Å². The fourth-order valence-electron chi connectivity index (χ4n) is 1.04. The first-order valence-corrected chi connectivity index (χ1v) is 4.62. The molecule has 0 heterocycles. The fourth-order valence-corrected chi connectivity index (χ4v) is 1.04. The summed E-state index contributed by atoms with van der Waals surface area (Å²) in [5, 5.41) is 0. The van der Waals surface area contributed by atoms with Crippen LogP contribution in [0.5, 0.6) is 0 Å². The van der Waals surface area contributed by atoms with Crippen LogP contribution < -0.4 is 0 Å². The van der Waals surface area contributed by atoms with E-state index in [1.807, 2.05) is 0 Å². The lowest BCUT2D eigenvalue weighted by molar-refractivity contribution is -0.143. The van der Waals surface area contributed by atoms with E-state index in [1.165, 1.54) is 12.1 Å². The number of rotatable bonds is 4. The second-order valence-electron chi connectivity index (χ2n) is 2.95. The van der Waals surface area contributed by atoms with Gasteiger partial charge >= 0.3 is 5.97 Å². The molecule has 0 aliphatic heterocycles. The summed E-state index contributed by atoms with van der Waals surface area (Å²) >= 11 is 0. The van der Waals surface area contributed by atoms with E-state index in [9.17, 15) is 9.18 Å². The second kappa shape index (κ2) is 5.37. The lowest BCUT2D eigenvalue weighted by atomic mass is 10.2. The third kappa shape index (κ3) is 3.56. The molecule has 0 aliphatic rings. The zero-order valence-corrected chi connectivity index (χ0v) is 8.13. The van der Waals surface area contributed by atoms with Gasteiger partial charge in [0.15, 0.2) is 0 Å². The van der Waals surface area contributed by atoms with Gasteiger partial charge in [0.2, 0.25) is 0 Å². The maximum Gasteiger partial charge on any atom is 0.305 e. The largest absolute Gasteiger partial charge is 0.465 e. The summed E-state index contributed by atoms with van der Waals surface area (Å²) < 4.78 is 17.4. The van der Waals surface area contributed by atoms with Gasteiger partial charge in [-0.3, -0.25) is 4.79 Å². The molecule has 1 rings (SSSR count). The van der Waals surface area contributed by atoms with E-state index < -0.39 is 0 Å². The van der Waals surface area contributed by atoms with Gasteiger partial charge in [-0.2, -0.15) is 0 Å². The minimum Gasteiger partial charge on any atom is -0.465 e. The first-order valence-electron chi connectivity index (χ1n) is 4.62. The van der Waals surface area contributed by atoms with Gasteiger partial charge in [-0.1, -0.05) is 19.1 Å². The summed E-state index contributed by atoms with van der Waals surface area (Å²) in [4.78, 5) is 10.8. The van der Waals surface area contributed by atoms with Crippen LogP contribution in [0.1, 0.15) is 18.9 Å². The average Bonchev–Trinajstić information content (AvgIpc) is 2.21. The van der Waals surface area contributed by atoms with Gasteiger partial charge < -0.3 is 4.74 Å². The summed E-state index contributed by atoms with van der Waals surface area (Å²) in [5.41, 5.74) is 0.968. The topological polar surface area (TPSA) is 26.3 Å². The van der Waals surface area contributed by atoms with Gasteiger partial charge in [-0.15, -0.1) is 0 Å². The number of carbonyl (C=O) groups excluding carboxylic acids is 1. The molecule has 1 aromatic rings. The van der Waals surface area contributed by atoms with E-state index in [1.54, 1.807) is 19.1 Å². The molecule has 2 nitrogen and oxygen atoms in total. The quantitative estimate of drug-likeness (QED) is 0.691. The maximum atomic E-state index is 12.5. The Bertz CT molecular complexity index is 293. The third-order valence-electron chi connectivity index (χ3n) is 1.86. The van der Waals surface area contributed by atoms with Crippen molar-refractivity contribution in [2.75, 3.05) is 6.61 Å². The summed E-state index contributed by atoms with van der Waals surface area (Å²) in [6.45, 7) is 2.11. The third-order valence-corrected chi connectivity index (χ3v) is 1.86. The number of esters is 1. The molecule has 0 radical (unpaired) electrons. The van der Waals surface area contributed by atoms with Crippen LogP contribution in [0.25, 0.3) is 0 Å². The molecule has 76 valence electrons. The zero-order chi connectivity index (χ0) is 10.4. The Balaban J connectivity index is 2.31. The summed E-state index contributed by atoms with van der Waals surface area (Å²) in [7, 11) is 0. The van der Waals surface area contributed by atoms with Crippen molar-refractivity contribution in [1.82, 2.24) is 0 Å². The van der Waals surface area contributed by atoms with Crippen molar-refractivity contribution in [1.29, 1.82) is 0 Å². The molecule has 3 heteroatoms. The van der Waals surface area contributed by atoms with E-state index in [4.69, 9.17) is 4.74 Å². The Labute approximate surface area is 82.7 Å². The van der Waals surface area contributed by atoms with Crippen molar-refractivity contribution in [3.8, 4) is 0 Å². The highest BCUT2D eigenvalue weighted by atomic mass is 19.1. The van der Waals surface area contributed by atoms with Gasteiger partial charge in [0.1, 0.15) is 5.82 Å². The molecule has 0 unspecified atom stereocenters. The SMILES string of the molecule is CCC(=O)OCCc1ccc(F)cc1. The Morgan fingerprint density at radius 2 is 2.00 bits per heavy atom. The van der Waals surface area contributed by atoms with Crippen LogP contribution in [-0.2, 0) is 16.0 Å². The van der Waals surface area contributed by atoms with Crippen molar-refractivity contribution < 1.29 is 13.9 Å². The predicted molar refractivity (Wildman–Crippen MR) is 51.4 cm³/mol. The molecule has 0 saturated carbocycles. The van der Waals surface area contributed by atoms with Crippen molar-refractivity contribution in [3.05, 3.63) is 35.6 Å². The van der Waals surface area contributed by atoms with Crippen LogP contribution in [0.2, 0.25) is 0 Å². The molecule has 0 spiro atoms. The number of benzene rings is 1. The Kier molecular flexibility index (Phi) is 4.11. The average molecular weight is 196 g/mol. The van der Waals surface area contributed by atoms with Crippen LogP contribution in [0, 0.1) is 5.82 Å². The minimum atomic E-state index is -0.251. The highest BCUT2D eigenvalue weighted by molar-refractivity contribution is 5.68. The lowest BCUT2D eigenvalue weighted by Crippen LogP contribution is -2.05. The molecule has 14 heavy (non-hydrogen) atoms. The van der Waals surface area contributed by atoms with Crippen LogP contribution in [0.3, 0.4) is 0 Å². The van der Waals surface area contributed by atoms with Gasteiger partial charge in [0.25, 0.3) is 0 Å². The molecular weight excluding hydrogens is 183 g/mol. The standard InChI is InChI=1S/C11H13FO2/c1-2-11(13)14-8-7-9-3-5-10(12)6-4-9/h3-6H,2,7-8H2,1H3. The van der Waals surface area contributed by atoms with Crippen LogP contribution >= 0.6 is 0 Å². The van der Waals surface area contributed by atoms with Gasteiger partial charge in [-0.05, 0) is 17.7 Å². The molecule has 0 saturated heterocycles. The number of ether oxygens (including phenoxy) is 1. The molecular formula is C11H13FO2. The van der Waals surface area contributed by atoms with Gasteiger partial charge in [-0.25, -0.2) is 4.39 Å². The van der Waals surface area contributed by atoms with E-state index in [2.05, 4.69) is 0 Å². The summed E-state index contributed by atoms with van der Waals surface area (Å²) in [6.07, 6.45) is 1.02. The van der Waals surface area contributed by atoms with Crippen LogP contribution in [0.4, 0.5) is 4.39 Å². The van der Waals surface area contributed by atoms with E-state index in [0.717, 1.165) is 5.56 Å². The molecule has 0 N–H and O–H groups in total. The number of hydrogen-bond acceptors (Lipinski definition) is 2. The molecule has 0 amide bonds. The smallest absolute Gasteiger partial charge is 0.305 e. The monoisotopic (exact) mass is 196 g/mol. The molecule has 0 atom stereocenters. The predicted octanol–water partition coefficient (Wildman–Crippen LogP) is 2.32. The normalized spacial score (nSPS) is 9.86. The van der Waals surface area contributed by atoms with Crippen molar-refractivity contribution >= 4 is 5.97 Å². The first-order chi connectivity index (χ1) is 6.72. The highest BCUT2D eigenvalue weighted by Crippen LogP contribution is 2.03. The van der Waals surface area contributed by atoms with Crippen molar-refractivity contribution in [2.45, 2.75) is 19.8 Å². The van der Waals surface area contributed by atoms with Gasteiger partial charge in [0.05, 0.1) is 6.61 Å². The van der Waals surface area contributed by atoms with Crippen LogP contribution in [0.15, 0.2) is 24.3 Å². The van der Waals surface area contributed by atoms with Gasteiger partial charge in [0, 0.05) is 12.8 Å². The molecule has 0 aliphatic carbocycles. The fraction of sp³-hybridized carbons (Fsp3) is 0.364. The minimum absolute atomic E-state index is 0.202. The number of hydrogen-bond donors (Lipinski definition) is 0. The first kappa shape index (κ1) is 10.7. The van der Waals surface area contributed by atoms with Crippen molar-refractivity contribution in [2.24, 2.45) is 0 Å². The van der Waals surface area contributed by atoms with E-state index in [0.29, 0.717) is 19.4 Å². The molecule has 0 fully saturated rings.